The molecular formula is C32H23BrCl2IN3O2. The van der Waals surface area contributed by atoms with Crippen LogP contribution in [-0.2, 0) is 6.61 Å². The second-order valence-corrected chi connectivity index (χ2v) is 12.0. The van der Waals surface area contributed by atoms with Crippen molar-refractivity contribution in [1.29, 1.82) is 0 Å². The van der Waals surface area contributed by atoms with Gasteiger partial charge in [-0.05, 0) is 117 Å². The number of halogens is 4. The molecule has 0 unspecified atom stereocenters. The van der Waals surface area contributed by atoms with Gasteiger partial charge >= 0.3 is 0 Å². The van der Waals surface area contributed by atoms with E-state index in [0.29, 0.717) is 28.0 Å². The Morgan fingerprint density at radius 3 is 2.46 bits per heavy atom. The number of amides is 1. The third-order valence-electron chi connectivity index (χ3n) is 6.32. The largest absolute Gasteiger partial charge is 0.487 e. The summed E-state index contributed by atoms with van der Waals surface area (Å²) in [4.78, 5) is 12.8. The maximum atomic E-state index is 12.8. The summed E-state index contributed by atoms with van der Waals surface area (Å²) in [6.45, 7) is 2.36. The number of nitrogens with zero attached hydrogens (tertiary/aromatic N) is 2. The predicted molar refractivity (Wildman–Crippen MR) is 179 cm³/mol. The molecule has 0 aliphatic heterocycles. The first-order chi connectivity index (χ1) is 19.8. The molecule has 1 amide bonds. The van der Waals surface area contributed by atoms with E-state index in [9.17, 15) is 4.79 Å². The van der Waals surface area contributed by atoms with Crippen LogP contribution in [-0.4, -0.2) is 16.7 Å². The highest BCUT2D eigenvalue weighted by atomic mass is 127. The molecule has 0 spiro atoms. The SMILES string of the molecule is Cc1ccc(-c2ccccc2)n1-c1ccc(C(=O)N/N=C/c2cc(Br)c(OCc3ccc(Cl)cc3Cl)c(I)c2)cc1. The zero-order chi connectivity index (χ0) is 28.9. The lowest BCUT2D eigenvalue weighted by Gasteiger charge is -2.13. The van der Waals surface area contributed by atoms with Crippen LogP contribution >= 0.6 is 61.7 Å². The Balaban J connectivity index is 1.23. The standard InChI is InChI=1S/C32H23BrCl2IN3O2/c1-20-7-14-30(22-5-3-2-4-6-22)39(20)26-12-9-23(10-13-26)32(40)38-37-18-21-15-27(33)31(29(36)16-21)41-19-24-8-11-25(34)17-28(24)35/h2-18H,19H2,1H3,(H,38,40)/b37-18+. The van der Waals surface area contributed by atoms with Gasteiger partial charge in [0, 0.05) is 32.6 Å². The molecule has 5 aromatic rings. The number of benzene rings is 4. The lowest BCUT2D eigenvalue weighted by molar-refractivity contribution is 0.0955. The number of carbonyl (C=O) groups is 1. The summed E-state index contributed by atoms with van der Waals surface area (Å²) in [5.41, 5.74) is 9.06. The molecule has 1 heterocycles. The molecule has 4 aromatic carbocycles. The van der Waals surface area contributed by atoms with Crippen LogP contribution in [0.4, 0.5) is 0 Å². The van der Waals surface area contributed by atoms with Crippen LogP contribution < -0.4 is 10.2 Å². The topological polar surface area (TPSA) is 55.6 Å². The van der Waals surface area contributed by atoms with E-state index in [4.69, 9.17) is 27.9 Å². The number of nitrogens with one attached hydrogen (secondary N) is 1. The molecule has 0 saturated heterocycles. The molecule has 0 aliphatic rings. The third-order valence-corrected chi connectivity index (χ3v) is 8.30. The molecule has 5 rings (SSSR count). The van der Waals surface area contributed by atoms with Crippen LogP contribution in [0.25, 0.3) is 16.9 Å². The molecule has 0 aliphatic carbocycles. The van der Waals surface area contributed by atoms with Gasteiger partial charge in [-0.1, -0.05) is 59.6 Å². The first kappa shape index (κ1) is 29.4. The summed E-state index contributed by atoms with van der Waals surface area (Å²) in [5, 5.41) is 5.28. The van der Waals surface area contributed by atoms with Crippen molar-refractivity contribution < 1.29 is 9.53 Å². The minimum absolute atomic E-state index is 0.296. The van der Waals surface area contributed by atoms with Crippen molar-refractivity contribution in [1.82, 2.24) is 9.99 Å². The lowest BCUT2D eigenvalue weighted by atomic mass is 10.1. The smallest absolute Gasteiger partial charge is 0.271 e. The highest BCUT2D eigenvalue weighted by Gasteiger charge is 2.12. The number of hydrogen-bond acceptors (Lipinski definition) is 3. The van der Waals surface area contributed by atoms with Crippen molar-refractivity contribution in [2.75, 3.05) is 0 Å². The van der Waals surface area contributed by atoms with E-state index >= 15 is 0 Å². The van der Waals surface area contributed by atoms with Crippen molar-refractivity contribution in [3.8, 4) is 22.7 Å². The molecule has 0 fully saturated rings. The van der Waals surface area contributed by atoms with E-state index < -0.39 is 0 Å². The van der Waals surface area contributed by atoms with Gasteiger partial charge in [0.2, 0.25) is 0 Å². The first-order valence-corrected chi connectivity index (χ1v) is 15.2. The lowest BCUT2D eigenvalue weighted by Crippen LogP contribution is -2.17. The van der Waals surface area contributed by atoms with E-state index in [0.717, 1.165) is 41.8 Å². The van der Waals surface area contributed by atoms with Crippen molar-refractivity contribution in [3.63, 3.8) is 0 Å². The molecule has 1 aromatic heterocycles. The van der Waals surface area contributed by atoms with Gasteiger partial charge in [0.15, 0.2) is 0 Å². The molecular weight excluding hydrogens is 736 g/mol. The summed E-state index contributed by atoms with van der Waals surface area (Å²) in [6, 6.07) is 31.0. The zero-order valence-electron chi connectivity index (χ0n) is 21.7. The van der Waals surface area contributed by atoms with Gasteiger partial charge < -0.3 is 9.30 Å². The first-order valence-electron chi connectivity index (χ1n) is 12.5. The quantitative estimate of drug-likeness (QED) is 0.0975. The van der Waals surface area contributed by atoms with Crippen molar-refractivity contribution in [2.24, 2.45) is 5.10 Å². The molecule has 0 saturated carbocycles. The summed E-state index contributed by atoms with van der Waals surface area (Å²) in [7, 11) is 0. The Morgan fingerprint density at radius 1 is 1.00 bits per heavy atom. The second-order valence-electron chi connectivity index (χ2n) is 9.15. The van der Waals surface area contributed by atoms with Crippen LogP contribution in [0.15, 0.2) is 107 Å². The fourth-order valence-electron chi connectivity index (χ4n) is 4.29. The van der Waals surface area contributed by atoms with Gasteiger partial charge in [-0.25, -0.2) is 5.43 Å². The van der Waals surface area contributed by atoms with E-state index in [1.807, 2.05) is 48.5 Å². The second kappa shape index (κ2) is 13.2. The number of ether oxygens (including phenoxy) is 1. The van der Waals surface area contributed by atoms with Gasteiger partial charge in [0.05, 0.1) is 20.0 Å². The highest BCUT2D eigenvalue weighted by molar-refractivity contribution is 14.1. The normalized spacial score (nSPS) is 11.1. The maximum absolute atomic E-state index is 12.8. The average molecular weight is 759 g/mol. The molecule has 0 radical (unpaired) electrons. The van der Waals surface area contributed by atoms with Crippen molar-refractivity contribution >= 4 is 73.8 Å². The van der Waals surface area contributed by atoms with Crippen LogP contribution in [0.5, 0.6) is 5.75 Å². The molecule has 0 bridgehead atoms. The third kappa shape index (κ3) is 7.04. The predicted octanol–water partition coefficient (Wildman–Crippen LogP) is 9.47. The number of aromatic nitrogens is 1. The number of hydrogen-bond donors (Lipinski definition) is 1. The Morgan fingerprint density at radius 2 is 1.76 bits per heavy atom. The number of aryl methyl sites for hydroxylation is 1. The van der Waals surface area contributed by atoms with Crippen molar-refractivity contribution in [2.45, 2.75) is 13.5 Å². The number of hydrazone groups is 1. The Kier molecular flexibility index (Phi) is 9.49. The van der Waals surface area contributed by atoms with E-state index in [1.54, 1.807) is 30.5 Å². The Labute approximate surface area is 270 Å². The summed E-state index contributed by atoms with van der Waals surface area (Å²) in [5.74, 6) is 0.389. The molecule has 0 atom stereocenters. The van der Waals surface area contributed by atoms with E-state index in [-0.39, 0.29) is 5.91 Å². The molecule has 41 heavy (non-hydrogen) atoms. The van der Waals surface area contributed by atoms with Crippen LogP contribution in [0.2, 0.25) is 10.0 Å². The minimum atomic E-state index is -0.297. The summed E-state index contributed by atoms with van der Waals surface area (Å²) < 4.78 is 9.81. The van der Waals surface area contributed by atoms with E-state index in [1.165, 1.54) is 0 Å². The van der Waals surface area contributed by atoms with Gasteiger partial charge in [-0.15, -0.1) is 0 Å². The summed E-state index contributed by atoms with van der Waals surface area (Å²) in [6.07, 6.45) is 1.59. The highest BCUT2D eigenvalue weighted by Crippen LogP contribution is 2.33. The van der Waals surface area contributed by atoms with Gasteiger partial charge in [0.1, 0.15) is 12.4 Å². The molecule has 9 heteroatoms. The minimum Gasteiger partial charge on any atom is -0.487 e. The van der Waals surface area contributed by atoms with Crippen LogP contribution in [0.1, 0.15) is 27.2 Å². The molecule has 1 N–H and O–H groups in total. The number of rotatable bonds is 8. The molecule has 206 valence electrons. The number of carbonyl (C=O) groups excluding carboxylic acids is 1. The fourth-order valence-corrected chi connectivity index (χ4v) is 6.52. The van der Waals surface area contributed by atoms with E-state index in [2.05, 4.69) is 84.8 Å². The van der Waals surface area contributed by atoms with Crippen molar-refractivity contribution in [3.05, 3.63) is 138 Å². The Hall–Kier alpha value is -3.11. The van der Waals surface area contributed by atoms with Gasteiger partial charge in [0.25, 0.3) is 5.91 Å². The monoisotopic (exact) mass is 757 g/mol. The molecule has 5 nitrogen and oxygen atoms in total. The Bertz CT molecular complexity index is 1720. The van der Waals surface area contributed by atoms with Gasteiger partial charge in [-0.3, -0.25) is 4.79 Å². The fraction of sp³-hybridized carbons (Fsp3) is 0.0625. The zero-order valence-corrected chi connectivity index (χ0v) is 27.0. The van der Waals surface area contributed by atoms with Crippen LogP contribution in [0, 0.1) is 10.5 Å². The van der Waals surface area contributed by atoms with Crippen LogP contribution in [0.3, 0.4) is 0 Å². The van der Waals surface area contributed by atoms with Gasteiger partial charge in [-0.2, -0.15) is 5.10 Å². The maximum Gasteiger partial charge on any atom is 0.271 e. The summed E-state index contributed by atoms with van der Waals surface area (Å²) >= 11 is 18.0. The average Bonchev–Trinajstić information content (AvgIpc) is 3.35.